The Morgan fingerprint density at radius 2 is 2.04 bits per heavy atom. The van der Waals surface area contributed by atoms with Gasteiger partial charge >= 0.3 is 12.1 Å². The molecule has 1 aliphatic heterocycles. The van der Waals surface area contributed by atoms with Crippen molar-refractivity contribution >= 4 is 23.6 Å². The van der Waals surface area contributed by atoms with Crippen molar-refractivity contribution in [2.75, 3.05) is 10.8 Å². The smallest absolute Gasteiger partial charge is 0.416 e. The number of carbonyl (C=O) groups is 1. The maximum absolute atomic E-state index is 12.8. The van der Waals surface area contributed by atoms with Crippen LogP contribution in [0.5, 0.6) is 0 Å². The maximum atomic E-state index is 12.8. The van der Waals surface area contributed by atoms with Crippen molar-refractivity contribution < 1.29 is 31.9 Å². The normalized spacial score (nSPS) is 18.7. The van der Waals surface area contributed by atoms with Crippen molar-refractivity contribution in [1.29, 1.82) is 0 Å². The summed E-state index contributed by atoms with van der Waals surface area (Å²) in [5.41, 5.74) is -1.72. The minimum Gasteiger partial charge on any atom is -0.481 e. The standard InChI is InChI=1S/C14H14F5NO2S/c15-13(16)8-5-9(14(17,18)19)7-10(6-8)20-4-3-11(23-20)1-2-12(21)22/h5-7,11,13H,1-4H2,(H,21,22). The van der Waals surface area contributed by atoms with Crippen LogP contribution >= 0.6 is 11.9 Å². The van der Waals surface area contributed by atoms with Crippen molar-refractivity contribution in [3.63, 3.8) is 0 Å². The van der Waals surface area contributed by atoms with E-state index in [1.165, 1.54) is 16.3 Å². The topological polar surface area (TPSA) is 40.5 Å². The summed E-state index contributed by atoms with van der Waals surface area (Å²) in [4.78, 5) is 10.6. The van der Waals surface area contributed by atoms with Gasteiger partial charge in [-0.25, -0.2) is 8.78 Å². The lowest BCUT2D eigenvalue weighted by molar-refractivity contribution is -0.138. The van der Waals surface area contributed by atoms with Crippen LogP contribution in [0.25, 0.3) is 0 Å². The largest absolute Gasteiger partial charge is 0.481 e. The fourth-order valence-electron chi connectivity index (χ4n) is 2.29. The molecule has 23 heavy (non-hydrogen) atoms. The van der Waals surface area contributed by atoms with E-state index in [1.807, 2.05) is 0 Å². The van der Waals surface area contributed by atoms with Crippen molar-refractivity contribution in [2.24, 2.45) is 0 Å². The highest BCUT2D eigenvalue weighted by atomic mass is 32.2. The fourth-order valence-corrected chi connectivity index (χ4v) is 3.52. The van der Waals surface area contributed by atoms with Crippen LogP contribution in [-0.2, 0) is 11.0 Å². The van der Waals surface area contributed by atoms with Gasteiger partial charge in [-0.05, 0) is 43.0 Å². The summed E-state index contributed by atoms with van der Waals surface area (Å²) in [6.07, 6.45) is -6.75. The predicted octanol–water partition coefficient (Wildman–Crippen LogP) is 4.73. The Morgan fingerprint density at radius 1 is 1.35 bits per heavy atom. The molecular weight excluding hydrogens is 341 g/mol. The van der Waals surface area contributed by atoms with Crippen LogP contribution in [0.2, 0.25) is 0 Å². The lowest BCUT2D eigenvalue weighted by Gasteiger charge is -2.20. The molecule has 1 heterocycles. The molecule has 1 aliphatic rings. The van der Waals surface area contributed by atoms with Gasteiger partial charge in [-0.15, -0.1) is 0 Å². The van der Waals surface area contributed by atoms with E-state index in [-0.39, 0.29) is 17.4 Å². The third kappa shape index (κ3) is 4.73. The molecule has 1 unspecified atom stereocenters. The molecule has 9 heteroatoms. The summed E-state index contributed by atoms with van der Waals surface area (Å²) >= 11 is 1.20. The molecule has 1 aromatic carbocycles. The summed E-state index contributed by atoms with van der Waals surface area (Å²) in [5.74, 6) is -0.942. The predicted molar refractivity (Wildman–Crippen MR) is 76.6 cm³/mol. The zero-order chi connectivity index (χ0) is 17.2. The van der Waals surface area contributed by atoms with Crippen molar-refractivity contribution in [1.82, 2.24) is 0 Å². The average Bonchev–Trinajstić information content (AvgIpc) is 2.92. The summed E-state index contributed by atoms with van der Waals surface area (Å²) in [6.45, 7) is 0.388. The molecule has 0 aliphatic carbocycles. The number of hydrogen-bond donors (Lipinski definition) is 1. The highest BCUT2D eigenvalue weighted by Crippen LogP contribution is 2.40. The van der Waals surface area contributed by atoms with E-state index >= 15 is 0 Å². The van der Waals surface area contributed by atoms with Gasteiger partial charge in [0.25, 0.3) is 6.43 Å². The highest BCUT2D eigenvalue weighted by Gasteiger charge is 2.33. The number of anilines is 1. The first-order chi connectivity index (χ1) is 10.7. The maximum Gasteiger partial charge on any atom is 0.416 e. The van der Waals surface area contributed by atoms with Crippen LogP contribution < -0.4 is 4.31 Å². The Kier molecular flexibility index (Phi) is 5.38. The molecule has 1 N–H and O–H groups in total. The number of aliphatic carboxylic acids is 1. The summed E-state index contributed by atoms with van der Waals surface area (Å²) in [7, 11) is 0. The van der Waals surface area contributed by atoms with E-state index in [4.69, 9.17) is 5.11 Å². The molecule has 0 bridgehead atoms. The number of alkyl halides is 5. The zero-order valence-corrected chi connectivity index (χ0v) is 12.6. The first-order valence-corrected chi connectivity index (χ1v) is 7.67. The molecule has 3 nitrogen and oxygen atoms in total. The lowest BCUT2D eigenvalue weighted by atomic mass is 10.1. The molecule has 1 fully saturated rings. The summed E-state index contributed by atoms with van der Waals surface area (Å²) in [5, 5.41) is 8.60. The first-order valence-electron chi connectivity index (χ1n) is 6.83. The Balaban J connectivity index is 2.19. The van der Waals surface area contributed by atoms with Crippen molar-refractivity contribution in [3.8, 4) is 0 Å². The number of benzene rings is 1. The van der Waals surface area contributed by atoms with Gasteiger partial charge in [0.2, 0.25) is 0 Å². The molecule has 1 aromatic rings. The molecule has 2 rings (SSSR count). The van der Waals surface area contributed by atoms with Crippen LogP contribution in [-0.4, -0.2) is 22.9 Å². The van der Waals surface area contributed by atoms with Crippen molar-refractivity contribution in [2.45, 2.75) is 37.1 Å². The third-order valence-electron chi connectivity index (χ3n) is 3.42. The van der Waals surface area contributed by atoms with Crippen molar-refractivity contribution in [3.05, 3.63) is 29.3 Å². The Bertz CT molecular complexity index is 579. The lowest BCUT2D eigenvalue weighted by Crippen LogP contribution is -2.13. The summed E-state index contributed by atoms with van der Waals surface area (Å²) < 4.78 is 65.7. The average molecular weight is 355 g/mol. The number of carboxylic acid groups (broad SMARTS) is 1. The monoisotopic (exact) mass is 355 g/mol. The fraction of sp³-hybridized carbons (Fsp3) is 0.500. The van der Waals surface area contributed by atoms with E-state index in [2.05, 4.69) is 0 Å². The highest BCUT2D eigenvalue weighted by molar-refractivity contribution is 8.01. The Hall–Kier alpha value is -1.51. The van der Waals surface area contributed by atoms with Gasteiger partial charge in [-0.2, -0.15) is 13.2 Å². The number of rotatable bonds is 5. The number of halogens is 5. The van der Waals surface area contributed by atoms with E-state index < -0.39 is 29.7 Å². The number of hydrogen-bond acceptors (Lipinski definition) is 3. The second kappa shape index (κ2) is 6.94. The van der Waals surface area contributed by atoms with Gasteiger partial charge in [0.05, 0.1) is 5.56 Å². The van der Waals surface area contributed by atoms with E-state index in [0.717, 1.165) is 12.1 Å². The zero-order valence-electron chi connectivity index (χ0n) is 11.8. The molecule has 0 spiro atoms. The van der Waals surface area contributed by atoms with Gasteiger partial charge in [0.1, 0.15) is 0 Å². The van der Waals surface area contributed by atoms with E-state index in [9.17, 15) is 26.7 Å². The Morgan fingerprint density at radius 3 is 2.61 bits per heavy atom. The molecule has 0 aromatic heterocycles. The van der Waals surface area contributed by atoms with Crippen LogP contribution in [0.1, 0.15) is 36.8 Å². The molecule has 1 atom stereocenters. The summed E-state index contributed by atoms with van der Waals surface area (Å²) in [6, 6.07) is 2.35. The quantitative estimate of drug-likeness (QED) is 0.612. The van der Waals surface area contributed by atoms with Gasteiger partial charge < -0.3 is 9.41 Å². The second-order valence-electron chi connectivity index (χ2n) is 5.16. The van der Waals surface area contributed by atoms with Crippen LogP contribution in [0.4, 0.5) is 27.6 Å². The Labute approximate surface area is 133 Å². The minimum atomic E-state index is -4.70. The molecule has 0 saturated carbocycles. The molecule has 128 valence electrons. The molecule has 1 saturated heterocycles. The van der Waals surface area contributed by atoms with E-state index in [0.29, 0.717) is 25.5 Å². The SMILES string of the molecule is O=C(O)CCC1CCN(c2cc(C(F)F)cc(C(F)(F)F)c2)S1. The molecule has 0 amide bonds. The first kappa shape index (κ1) is 17.8. The number of nitrogens with zero attached hydrogens (tertiary/aromatic N) is 1. The van der Waals surface area contributed by atoms with Crippen LogP contribution in [0.15, 0.2) is 18.2 Å². The third-order valence-corrected chi connectivity index (χ3v) is 4.84. The van der Waals surface area contributed by atoms with Gasteiger partial charge in [0, 0.05) is 29.5 Å². The van der Waals surface area contributed by atoms with E-state index in [1.54, 1.807) is 0 Å². The van der Waals surface area contributed by atoms with Gasteiger partial charge in [0.15, 0.2) is 0 Å². The van der Waals surface area contributed by atoms with Crippen LogP contribution in [0.3, 0.4) is 0 Å². The van der Waals surface area contributed by atoms with Gasteiger partial charge in [-0.3, -0.25) is 4.79 Å². The molecule has 0 radical (unpaired) electrons. The van der Waals surface area contributed by atoms with Crippen LogP contribution in [0, 0.1) is 0 Å². The second-order valence-corrected chi connectivity index (χ2v) is 6.48. The van der Waals surface area contributed by atoms with Gasteiger partial charge in [-0.1, -0.05) is 0 Å². The minimum absolute atomic E-state index is 0.0314. The number of carboxylic acids is 1. The molecular formula is C14H14F5NO2S.